The molecule has 1 rings (SSSR count). The molecule has 1 aromatic rings. The minimum absolute atomic E-state index is 0.0511. The Hall–Kier alpha value is -1.31. The monoisotopic (exact) mass is 210 g/mol. The molecule has 1 heterocycles. The Balaban J connectivity index is 2.72. The van der Waals surface area contributed by atoms with E-state index in [2.05, 4.69) is 16.6 Å². The van der Waals surface area contributed by atoms with Crippen LogP contribution in [0.25, 0.3) is 0 Å². The van der Waals surface area contributed by atoms with Crippen LogP contribution in [0.15, 0.2) is 11.4 Å². The predicted molar refractivity (Wildman–Crippen MR) is 53.8 cm³/mol. The van der Waals surface area contributed by atoms with Crippen molar-refractivity contribution >= 4 is 17.3 Å². The quantitative estimate of drug-likeness (QED) is 0.588. The van der Waals surface area contributed by atoms with Crippen molar-refractivity contribution in [2.75, 3.05) is 6.61 Å². The molecule has 0 amide bonds. The van der Waals surface area contributed by atoms with Crippen LogP contribution < -0.4 is 0 Å². The fraction of sp³-hybridized carbons (Fsp3) is 0.300. The third-order valence-corrected chi connectivity index (χ3v) is 2.37. The van der Waals surface area contributed by atoms with Crippen LogP contribution in [0.2, 0.25) is 0 Å². The van der Waals surface area contributed by atoms with Crippen LogP contribution >= 0.6 is 11.3 Å². The third kappa shape index (κ3) is 2.87. The maximum absolute atomic E-state index is 10.9. The highest BCUT2D eigenvalue weighted by molar-refractivity contribution is 7.10. The molecule has 0 aliphatic rings. The molecule has 0 aromatic carbocycles. The Labute approximate surface area is 86.3 Å². The first-order valence-corrected chi connectivity index (χ1v) is 5.02. The van der Waals surface area contributed by atoms with Gasteiger partial charge in [0, 0.05) is 16.4 Å². The lowest BCUT2D eigenvalue weighted by Gasteiger charge is -1.91. The highest BCUT2D eigenvalue weighted by Gasteiger charge is 2.00. The van der Waals surface area contributed by atoms with E-state index in [1.807, 2.05) is 5.38 Å². The van der Waals surface area contributed by atoms with Crippen LogP contribution in [0.1, 0.15) is 17.4 Å². The normalized spacial score (nSPS) is 9.00. The number of hydrogen-bond acceptors (Lipinski definition) is 4. The van der Waals surface area contributed by atoms with Gasteiger partial charge in [-0.1, -0.05) is 5.92 Å². The summed E-state index contributed by atoms with van der Waals surface area (Å²) in [4.78, 5) is 11.6. The first-order valence-electron chi connectivity index (χ1n) is 4.14. The van der Waals surface area contributed by atoms with Gasteiger partial charge in [-0.15, -0.1) is 11.3 Å². The van der Waals surface area contributed by atoms with Gasteiger partial charge in [-0.05, 0) is 18.4 Å². The van der Waals surface area contributed by atoms with Gasteiger partial charge in [0.15, 0.2) is 0 Å². The summed E-state index contributed by atoms with van der Waals surface area (Å²) in [6.07, 6.45) is 0. The van der Waals surface area contributed by atoms with Gasteiger partial charge in [-0.3, -0.25) is 0 Å². The summed E-state index contributed by atoms with van der Waals surface area (Å²) in [5.74, 6) is 4.46. The largest absolute Gasteiger partial charge is 0.456 e. The van der Waals surface area contributed by atoms with Crippen molar-refractivity contribution in [2.24, 2.45) is 0 Å². The number of aliphatic hydroxyl groups is 1. The highest BCUT2D eigenvalue weighted by Crippen LogP contribution is 2.14. The molecule has 0 spiro atoms. The third-order valence-electron chi connectivity index (χ3n) is 1.46. The zero-order valence-corrected chi connectivity index (χ0v) is 8.56. The van der Waals surface area contributed by atoms with E-state index in [0.29, 0.717) is 12.2 Å². The average Bonchev–Trinajstić information content (AvgIpc) is 2.62. The van der Waals surface area contributed by atoms with Gasteiger partial charge in [-0.25, -0.2) is 4.79 Å². The van der Waals surface area contributed by atoms with Crippen molar-refractivity contribution in [1.82, 2.24) is 0 Å². The van der Waals surface area contributed by atoms with Crippen LogP contribution in [0, 0.1) is 11.8 Å². The lowest BCUT2D eigenvalue weighted by Crippen LogP contribution is -1.99. The second-order valence-corrected chi connectivity index (χ2v) is 3.39. The number of rotatable bonds is 2. The van der Waals surface area contributed by atoms with Crippen LogP contribution in [-0.2, 0) is 16.1 Å². The molecule has 0 radical (unpaired) electrons. The van der Waals surface area contributed by atoms with Crippen molar-refractivity contribution in [3.05, 3.63) is 21.9 Å². The molecule has 3 nitrogen and oxygen atoms in total. The Morgan fingerprint density at radius 1 is 1.71 bits per heavy atom. The smallest absolute Gasteiger partial charge is 0.384 e. The minimum Gasteiger partial charge on any atom is -0.456 e. The van der Waals surface area contributed by atoms with Gasteiger partial charge in [0.2, 0.25) is 0 Å². The average molecular weight is 210 g/mol. The number of aliphatic hydroxyl groups excluding tert-OH is 1. The summed E-state index contributed by atoms with van der Waals surface area (Å²) in [6.45, 7) is 2.00. The molecule has 74 valence electrons. The molecule has 0 atom stereocenters. The van der Waals surface area contributed by atoms with Gasteiger partial charge >= 0.3 is 5.97 Å². The van der Waals surface area contributed by atoms with Crippen molar-refractivity contribution in [3.8, 4) is 11.8 Å². The van der Waals surface area contributed by atoms with Gasteiger partial charge in [-0.2, -0.15) is 0 Å². The molecule has 1 N–H and O–H groups in total. The Bertz CT molecular complexity index is 370. The van der Waals surface area contributed by atoms with Crippen molar-refractivity contribution in [3.63, 3.8) is 0 Å². The van der Waals surface area contributed by atoms with E-state index in [0.717, 1.165) is 4.88 Å². The van der Waals surface area contributed by atoms with Gasteiger partial charge in [0.1, 0.15) is 0 Å². The maximum atomic E-state index is 10.9. The summed E-state index contributed by atoms with van der Waals surface area (Å²) in [7, 11) is 0. The fourth-order valence-corrected chi connectivity index (χ4v) is 1.55. The van der Waals surface area contributed by atoms with E-state index in [-0.39, 0.29) is 6.61 Å². The van der Waals surface area contributed by atoms with Crippen LogP contribution in [0.4, 0.5) is 0 Å². The molecule has 0 saturated heterocycles. The summed E-state index contributed by atoms with van der Waals surface area (Å²) in [6, 6.07) is 1.77. The Morgan fingerprint density at radius 3 is 3.14 bits per heavy atom. The summed E-state index contributed by atoms with van der Waals surface area (Å²) in [5.41, 5.74) is 0.686. The van der Waals surface area contributed by atoms with Gasteiger partial charge < -0.3 is 9.84 Å². The Morgan fingerprint density at radius 2 is 2.50 bits per heavy atom. The molecule has 0 unspecified atom stereocenters. The number of carbonyl (C=O) groups excluding carboxylic acids is 1. The molecular weight excluding hydrogens is 200 g/mol. The number of ether oxygens (including phenoxy) is 1. The molecule has 0 fully saturated rings. The highest BCUT2D eigenvalue weighted by atomic mass is 32.1. The van der Waals surface area contributed by atoms with E-state index in [1.165, 1.54) is 11.3 Å². The maximum Gasteiger partial charge on any atom is 0.384 e. The summed E-state index contributed by atoms with van der Waals surface area (Å²) in [5, 5.41) is 10.7. The summed E-state index contributed by atoms with van der Waals surface area (Å²) >= 11 is 1.41. The lowest BCUT2D eigenvalue weighted by atomic mass is 10.2. The van der Waals surface area contributed by atoms with Crippen LogP contribution in [0.3, 0.4) is 0 Å². The van der Waals surface area contributed by atoms with Crippen molar-refractivity contribution in [1.29, 1.82) is 0 Å². The number of thiophene rings is 1. The molecule has 0 aliphatic carbocycles. The first kappa shape index (κ1) is 10.8. The van der Waals surface area contributed by atoms with E-state index >= 15 is 0 Å². The minimum atomic E-state index is -0.539. The Kier molecular flexibility index (Phi) is 4.17. The number of hydrogen-bond donors (Lipinski definition) is 1. The van der Waals surface area contributed by atoms with Gasteiger partial charge in [0.25, 0.3) is 0 Å². The lowest BCUT2D eigenvalue weighted by molar-refractivity contribution is -0.136. The molecule has 0 saturated carbocycles. The molecular formula is C10H10O3S. The molecule has 4 heteroatoms. The molecule has 14 heavy (non-hydrogen) atoms. The standard InChI is InChI=1S/C10H10O3S/c1-2-13-10(12)4-3-8-5-6-14-9(8)7-11/h5-6,11H,2,7H2,1H3. The van der Waals surface area contributed by atoms with Crippen molar-refractivity contribution < 1.29 is 14.6 Å². The second-order valence-electron chi connectivity index (χ2n) is 2.39. The van der Waals surface area contributed by atoms with E-state index in [4.69, 9.17) is 5.11 Å². The fourth-order valence-electron chi connectivity index (χ4n) is 0.860. The van der Waals surface area contributed by atoms with Crippen LogP contribution in [-0.4, -0.2) is 17.7 Å². The van der Waals surface area contributed by atoms with E-state index in [1.54, 1.807) is 13.0 Å². The molecule has 0 bridgehead atoms. The topological polar surface area (TPSA) is 46.5 Å². The van der Waals surface area contributed by atoms with E-state index in [9.17, 15) is 4.79 Å². The predicted octanol–water partition coefficient (Wildman–Crippen LogP) is 1.16. The second kappa shape index (κ2) is 5.43. The first-order chi connectivity index (χ1) is 6.77. The van der Waals surface area contributed by atoms with Crippen molar-refractivity contribution in [2.45, 2.75) is 13.5 Å². The van der Waals surface area contributed by atoms with Crippen LogP contribution in [0.5, 0.6) is 0 Å². The molecule has 0 aliphatic heterocycles. The SMILES string of the molecule is CCOC(=O)C#Cc1ccsc1CO. The number of esters is 1. The van der Waals surface area contributed by atoms with Gasteiger partial charge in [0.05, 0.1) is 13.2 Å². The summed E-state index contributed by atoms with van der Waals surface area (Å²) < 4.78 is 4.64. The molecule has 1 aromatic heterocycles. The van der Waals surface area contributed by atoms with E-state index < -0.39 is 5.97 Å². The zero-order valence-electron chi connectivity index (χ0n) is 7.74. The zero-order chi connectivity index (χ0) is 10.4. The number of carbonyl (C=O) groups is 1.